The molecule has 3 heteroatoms. The highest BCUT2D eigenvalue weighted by molar-refractivity contribution is 6.62. The third kappa shape index (κ3) is 3.09. The Hall–Kier alpha value is -0.990. The Morgan fingerprint density at radius 3 is 3.00 bits per heavy atom. The first-order valence-corrected chi connectivity index (χ1v) is 4.78. The summed E-state index contributed by atoms with van der Waals surface area (Å²) in [5.41, 5.74) is 1.41. The summed E-state index contributed by atoms with van der Waals surface area (Å²) < 4.78 is 0. The van der Waals surface area contributed by atoms with E-state index in [9.17, 15) is 0 Å². The highest BCUT2D eigenvalue weighted by Gasteiger charge is 2.11. The zero-order valence-corrected chi connectivity index (χ0v) is 8.38. The van der Waals surface area contributed by atoms with Crippen molar-refractivity contribution in [1.29, 1.82) is 5.41 Å². The van der Waals surface area contributed by atoms with Crippen molar-refractivity contribution in [3.63, 3.8) is 0 Å². The van der Waals surface area contributed by atoms with Gasteiger partial charge in [0.05, 0.1) is 11.4 Å². The van der Waals surface area contributed by atoms with E-state index in [1.165, 1.54) is 0 Å². The molecule has 72 valence electrons. The summed E-state index contributed by atoms with van der Waals surface area (Å²) in [6.45, 7) is 3.06. The molecule has 0 aromatic carbocycles. The van der Waals surface area contributed by atoms with Gasteiger partial charge in [0.25, 0.3) is 0 Å². The number of rotatable bonds is 1. The summed E-state index contributed by atoms with van der Waals surface area (Å²) in [6.07, 6.45) is 4.77. The van der Waals surface area contributed by atoms with Crippen molar-refractivity contribution in [1.82, 2.24) is 0 Å². The van der Waals surface area contributed by atoms with Crippen LogP contribution in [0.4, 0.5) is 0 Å². The minimum absolute atomic E-state index is 0.636. The van der Waals surface area contributed by atoms with Gasteiger partial charge in [-0.1, -0.05) is 6.92 Å². The van der Waals surface area contributed by atoms with Crippen LogP contribution in [0.5, 0.6) is 0 Å². The maximum absolute atomic E-state index is 7.75. The molecule has 0 bridgehead atoms. The van der Waals surface area contributed by atoms with E-state index in [-0.39, 0.29) is 0 Å². The van der Waals surface area contributed by atoms with Crippen molar-refractivity contribution in [3.05, 3.63) is 0 Å². The molecule has 1 rings (SSSR count). The molecule has 0 spiro atoms. The lowest BCUT2D eigenvalue weighted by Gasteiger charge is -2.14. The van der Waals surface area contributed by atoms with Gasteiger partial charge >= 0.3 is 0 Å². The SMILES string of the molecule is CN=CC1=NCCC(C)CCC1=N. The monoisotopic (exact) mass is 179 g/mol. The molecule has 3 nitrogen and oxygen atoms in total. The van der Waals surface area contributed by atoms with Gasteiger partial charge in [-0.2, -0.15) is 0 Å². The van der Waals surface area contributed by atoms with Crippen molar-refractivity contribution >= 4 is 17.6 Å². The lowest BCUT2D eigenvalue weighted by atomic mass is 9.97. The fraction of sp³-hybridized carbons (Fsp3) is 0.700. The third-order valence-corrected chi connectivity index (χ3v) is 2.35. The number of hydrogen-bond donors (Lipinski definition) is 1. The van der Waals surface area contributed by atoms with Crippen LogP contribution in [0.3, 0.4) is 0 Å². The Morgan fingerprint density at radius 1 is 1.54 bits per heavy atom. The second-order valence-electron chi connectivity index (χ2n) is 3.57. The van der Waals surface area contributed by atoms with Crippen LogP contribution in [0.25, 0.3) is 0 Å². The summed E-state index contributed by atoms with van der Waals surface area (Å²) in [4.78, 5) is 8.25. The standard InChI is InChI=1S/C10H17N3/c1-8-3-4-9(11)10(7-12-2)13-6-5-8/h7-8,11H,3-6H2,1-2H3. The van der Waals surface area contributed by atoms with Gasteiger partial charge < -0.3 is 5.41 Å². The molecular formula is C10H17N3. The van der Waals surface area contributed by atoms with Crippen molar-refractivity contribution in [2.45, 2.75) is 26.2 Å². The van der Waals surface area contributed by atoms with Gasteiger partial charge in [0.1, 0.15) is 0 Å². The van der Waals surface area contributed by atoms with Crippen molar-refractivity contribution in [3.8, 4) is 0 Å². The summed E-state index contributed by atoms with van der Waals surface area (Å²) in [5.74, 6) is 0.698. The number of hydrogen-bond acceptors (Lipinski definition) is 3. The minimum atomic E-state index is 0.636. The first-order valence-electron chi connectivity index (χ1n) is 4.78. The molecule has 0 saturated carbocycles. The molecule has 1 heterocycles. The van der Waals surface area contributed by atoms with Crippen LogP contribution in [-0.4, -0.2) is 31.2 Å². The normalized spacial score (nSPS) is 25.5. The Bertz CT molecular complexity index is 241. The van der Waals surface area contributed by atoms with Crippen LogP contribution in [0.1, 0.15) is 26.2 Å². The maximum Gasteiger partial charge on any atom is 0.0959 e. The average molecular weight is 179 g/mol. The van der Waals surface area contributed by atoms with Gasteiger partial charge in [-0.3, -0.25) is 9.98 Å². The molecule has 0 fully saturated rings. The van der Waals surface area contributed by atoms with Gasteiger partial charge in [-0.15, -0.1) is 0 Å². The predicted molar refractivity (Wildman–Crippen MR) is 57.5 cm³/mol. The van der Waals surface area contributed by atoms with E-state index in [4.69, 9.17) is 5.41 Å². The van der Waals surface area contributed by atoms with Crippen LogP contribution in [0.15, 0.2) is 9.98 Å². The van der Waals surface area contributed by atoms with Gasteiger partial charge in [0, 0.05) is 19.8 Å². The second-order valence-corrected chi connectivity index (χ2v) is 3.57. The molecule has 1 aliphatic rings. The van der Waals surface area contributed by atoms with Crippen LogP contribution >= 0.6 is 0 Å². The van der Waals surface area contributed by atoms with E-state index < -0.39 is 0 Å². The van der Waals surface area contributed by atoms with Crippen LogP contribution in [0, 0.1) is 11.3 Å². The van der Waals surface area contributed by atoms with E-state index in [1.54, 1.807) is 13.3 Å². The zero-order chi connectivity index (χ0) is 9.68. The fourth-order valence-electron chi connectivity index (χ4n) is 1.40. The van der Waals surface area contributed by atoms with Crippen molar-refractivity contribution < 1.29 is 0 Å². The van der Waals surface area contributed by atoms with E-state index in [2.05, 4.69) is 16.9 Å². The summed E-state index contributed by atoms with van der Waals surface area (Å²) in [7, 11) is 1.72. The zero-order valence-electron chi connectivity index (χ0n) is 8.38. The van der Waals surface area contributed by atoms with E-state index >= 15 is 0 Å². The second kappa shape index (κ2) is 4.90. The Labute approximate surface area is 79.5 Å². The summed E-state index contributed by atoms with van der Waals surface area (Å²) in [6, 6.07) is 0. The highest BCUT2D eigenvalue weighted by Crippen LogP contribution is 2.13. The van der Waals surface area contributed by atoms with Crippen LogP contribution in [0.2, 0.25) is 0 Å². The highest BCUT2D eigenvalue weighted by atomic mass is 14.8. The predicted octanol–water partition coefficient (Wildman–Crippen LogP) is 1.97. The summed E-state index contributed by atoms with van der Waals surface area (Å²) in [5, 5.41) is 7.75. The van der Waals surface area contributed by atoms with Crippen LogP contribution in [-0.2, 0) is 0 Å². The topological polar surface area (TPSA) is 48.6 Å². The first kappa shape index (κ1) is 10.1. The molecule has 0 amide bonds. The minimum Gasteiger partial charge on any atom is -0.303 e. The average Bonchev–Trinajstić information content (AvgIpc) is 2.11. The van der Waals surface area contributed by atoms with E-state index in [0.717, 1.165) is 31.5 Å². The van der Waals surface area contributed by atoms with E-state index in [0.29, 0.717) is 11.6 Å². The number of aliphatic imine (C=N–C) groups is 2. The largest absolute Gasteiger partial charge is 0.303 e. The lowest BCUT2D eigenvalue weighted by Crippen LogP contribution is -2.19. The molecular weight excluding hydrogens is 162 g/mol. The molecule has 1 atom stereocenters. The smallest absolute Gasteiger partial charge is 0.0959 e. The summed E-state index contributed by atoms with van der Waals surface area (Å²) >= 11 is 0. The lowest BCUT2D eigenvalue weighted by molar-refractivity contribution is 0.508. The molecule has 0 aliphatic carbocycles. The van der Waals surface area contributed by atoms with Gasteiger partial charge in [0.2, 0.25) is 0 Å². The number of nitrogens with one attached hydrogen (secondary N) is 1. The molecule has 1 aliphatic heterocycles. The quantitative estimate of drug-likeness (QED) is 0.598. The van der Waals surface area contributed by atoms with Crippen LogP contribution < -0.4 is 0 Å². The molecule has 0 aromatic rings. The Kier molecular flexibility index (Phi) is 3.80. The third-order valence-electron chi connectivity index (χ3n) is 2.35. The van der Waals surface area contributed by atoms with Gasteiger partial charge in [-0.05, 0) is 25.2 Å². The number of nitrogens with zero attached hydrogens (tertiary/aromatic N) is 2. The molecule has 0 saturated heterocycles. The molecule has 1 unspecified atom stereocenters. The van der Waals surface area contributed by atoms with Crippen molar-refractivity contribution in [2.75, 3.05) is 13.6 Å². The van der Waals surface area contributed by atoms with Gasteiger partial charge in [0.15, 0.2) is 0 Å². The van der Waals surface area contributed by atoms with E-state index in [1.807, 2.05) is 0 Å². The fourth-order valence-corrected chi connectivity index (χ4v) is 1.40. The molecule has 0 radical (unpaired) electrons. The molecule has 13 heavy (non-hydrogen) atoms. The molecule has 1 N–H and O–H groups in total. The Morgan fingerprint density at radius 2 is 2.31 bits per heavy atom. The Balaban J connectivity index is 2.70. The molecule has 0 aromatic heterocycles. The van der Waals surface area contributed by atoms with Gasteiger partial charge in [-0.25, -0.2) is 0 Å². The first-order chi connectivity index (χ1) is 6.24. The maximum atomic E-state index is 7.75. The van der Waals surface area contributed by atoms with Crippen molar-refractivity contribution in [2.24, 2.45) is 15.9 Å².